The molecule has 4 heterocycles. The molecule has 6 rings (SSSR count). The summed E-state index contributed by atoms with van der Waals surface area (Å²) in [5, 5.41) is 3.45. The molecule has 0 aliphatic carbocycles. The number of hydrogen-bond acceptors (Lipinski definition) is 5. The molecule has 0 saturated heterocycles. The van der Waals surface area contributed by atoms with Crippen LogP contribution < -0.4 is 10.9 Å². The molecule has 1 atom stereocenters. The smallest absolute Gasteiger partial charge is 0.261 e. The van der Waals surface area contributed by atoms with E-state index in [1.165, 1.54) is 6.07 Å². The number of nitrogens with one attached hydrogen (secondary N) is 3. The van der Waals surface area contributed by atoms with Gasteiger partial charge in [-0.05, 0) is 54.4 Å². The Morgan fingerprint density at radius 3 is 2.74 bits per heavy atom. The zero-order valence-electron chi connectivity index (χ0n) is 20.5. The Balaban J connectivity index is 1.43. The number of benzene rings is 2. The third-order valence-electron chi connectivity index (χ3n) is 6.52. The molecular formula is C29H24FN7O. The van der Waals surface area contributed by atoms with Gasteiger partial charge in [0.05, 0.1) is 34.8 Å². The summed E-state index contributed by atoms with van der Waals surface area (Å²) in [6.07, 6.45) is 8.94. The predicted octanol–water partition coefficient (Wildman–Crippen LogP) is 5.34. The molecule has 2 aromatic carbocycles. The van der Waals surface area contributed by atoms with Crippen LogP contribution in [0.15, 0.2) is 96.6 Å². The third kappa shape index (κ3) is 4.45. The van der Waals surface area contributed by atoms with Crippen molar-refractivity contribution in [1.82, 2.24) is 29.5 Å². The molecule has 0 bridgehead atoms. The Kier molecular flexibility index (Phi) is 6.01. The molecule has 9 heteroatoms. The second-order valence-electron chi connectivity index (χ2n) is 9.06. The highest BCUT2D eigenvalue weighted by Gasteiger charge is 2.21. The standard InChI is InChI=1S/C29H24FN7O/c1-18-14-20(37-13-12-31-17-37)16-25-27(18)36-28(35-25)26-23(9-11-33-29(26)38)34-24(22-8-4-5-10-32-22)15-19-6-2-3-7-21(19)30/h2-14,16-17,24H,15H2,1H3,(H,35,36)(H2,33,34,38). The van der Waals surface area contributed by atoms with E-state index in [4.69, 9.17) is 4.98 Å². The van der Waals surface area contributed by atoms with Gasteiger partial charge in [-0.15, -0.1) is 0 Å². The maximum Gasteiger partial charge on any atom is 0.261 e. The normalized spacial score (nSPS) is 12.1. The van der Waals surface area contributed by atoms with Crippen molar-refractivity contribution < 1.29 is 4.39 Å². The average Bonchev–Trinajstić information content (AvgIpc) is 3.61. The van der Waals surface area contributed by atoms with Gasteiger partial charge in [0.2, 0.25) is 0 Å². The number of halogens is 1. The summed E-state index contributed by atoms with van der Waals surface area (Å²) < 4.78 is 16.5. The topological polar surface area (TPSA) is 104 Å². The number of rotatable bonds is 7. The van der Waals surface area contributed by atoms with Crippen molar-refractivity contribution >= 4 is 16.7 Å². The molecule has 6 aromatic rings. The van der Waals surface area contributed by atoms with E-state index in [1.54, 1.807) is 49.2 Å². The zero-order chi connectivity index (χ0) is 26.1. The lowest BCUT2D eigenvalue weighted by atomic mass is 10.0. The highest BCUT2D eigenvalue weighted by molar-refractivity contribution is 5.86. The number of aromatic amines is 2. The molecule has 0 spiro atoms. The van der Waals surface area contributed by atoms with Gasteiger partial charge in [0.15, 0.2) is 0 Å². The molecule has 3 N–H and O–H groups in total. The maximum absolute atomic E-state index is 14.6. The van der Waals surface area contributed by atoms with Gasteiger partial charge in [-0.2, -0.15) is 0 Å². The first kappa shape index (κ1) is 23.4. The van der Waals surface area contributed by atoms with Crippen LogP contribution in [0.3, 0.4) is 0 Å². The fourth-order valence-electron chi connectivity index (χ4n) is 4.67. The highest BCUT2D eigenvalue weighted by Crippen LogP contribution is 2.30. The van der Waals surface area contributed by atoms with Gasteiger partial charge in [-0.1, -0.05) is 24.3 Å². The van der Waals surface area contributed by atoms with Crippen molar-refractivity contribution in [1.29, 1.82) is 0 Å². The minimum absolute atomic E-state index is 0.289. The van der Waals surface area contributed by atoms with Crippen LogP contribution in [0.5, 0.6) is 0 Å². The molecule has 0 saturated carbocycles. The molecular weight excluding hydrogens is 481 g/mol. The van der Waals surface area contributed by atoms with Crippen LogP contribution in [0.25, 0.3) is 28.1 Å². The number of nitrogens with zero attached hydrogens (tertiary/aromatic N) is 4. The number of fused-ring (bicyclic) bond motifs is 1. The fraction of sp³-hybridized carbons (Fsp3) is 0.103. The van der Waals surface area contributed by atoms with Crippen molar-refractivity contribution in [2.45, 2.75) is 19.4 Å². The van der Waals surface area contributed by atoms with Crippen LogP contribution in [0, 0.1) is 12.7 Å². The minimum atomic E-state index is -0.396. The summed E-state index contributed by atoms with van der Waals surface area (Å²) in [4.78, 5) is 32.7. The molecule has 8 nitrogen and oxygen atoms in total. The molecule has 0 radical (unpaired) electrons. The molecule has 38 heavy (non-hydrogen) atoms. The zero-order valence-corrected chi connectivity index (χ0v) is 20.5. The highest BCUT2D eigenvalue weighted by atomic mass is 19.1. The number of aromatic nitrogens is 6. The van der Waals surface area contributed by atoms with E-state index in [-0.39, 0.29) is 11.4 Å². The third-order valence-corrected chi connectivity index (χ3v) is 6.52. The van der Waals surface area contributed by atoms with Crippen LogP contribution in [-0.4, -0.2) is 29.5 Å². The van der Waals surface area contributed by atoms with Crippen molar-refractivity contribution in [2.24, 2.45) is 0 Å². The first-order chi connectivity index (χ1) is 18.6. The second-order valence-corrected chi connectivity index (χ2v) is 9.06. The van der Waals surface area contributed by atoms with Gasteiger partial charge in [0, 0.05) is 36.9 Å². The number of H-pyrrole nitrogens is 2. The van der Waals surface area contributed by atoms with Crippen LogP contribution >= 0.6 is 0 Å². The number of hydrogen-bond donors (Lipinski definition) is 3. The van der Waals surface area contributed by atoms with E-state index in [2.05, 4.69) is 25.3 Å². The molecule has 188 valence electrons. The largest absolute Gasteiger partial charge is 0.376 e. The summed E-state index contributed by atoms with van der Waals surface area (Å²) in [7, 11) is 0. The minimum Gasteiger partial charge on any atom is -0.376 e. The summed E-state index contributed by atoms with van der Waals surface area (Å²) in [6, 6.07) is 17.7. The quantitative estimate of drug-likeness (QED) is 0.272. The number of anilines is 1. The molecule has 0 amide bonds. The summed E-state index contributed by atoms with van der Waals surface area (Å²) in [5.74, 6) is 0.142. The first-order valence-corrected chi connectivity index (χ1v) is 12.2. The van der Waals surface area contributed by atoms with E-state index in [1.807, 2.05) is 48.0 Å². The van der Waals surface area contributed by atoms with E-state index < -0.39 is 6.04 Å². The first-order valence-electron chi connectivity index (χ1n) is 12.2. The lowest BCUT2D eigenvalue weighted by Crippen LogP contribution is -2.19. The molecule has 4 aromatic heterocycles. The number of imidazole rings is 2. The molecule has 0 fully saturated rings. The Morgan fingerprint density at radius 2 is 1.95 bits per heavy atom. The Hall–Kier alpha value is -5.05. The van der Waals surface area contributed by atoms with Crippen molar-refractivity contribution in [3.8, 4) is 17.1 Å². The predicted molar refractivity (Wildman–Crippen MR) is 145 cm³/mol. The van der Waals surface area contributed by atoms with Crippen molar-refractivity contribution in [3.63, 3.8) is 0 Å². The van der Waals surface area contributed by atoms with Gasteiger partial charge in [0.1, 0.15) is 17.2 Å². The fourth-order valence-corrected chi connectivity index (χ4v) is 4.67. The summed E-state index contributed by atoms with van der Waals surface area (Å²) in [5.41, 5.74) is 5.36. The van der Waals surface area contributed by atoms with Gasteiger partial charge >= 0.3 is 0 Å². The number of pyridine rings is 2. The monoisotopic (exact) mass is 505 g/mol. The van der Waals surface area contributed by atoms with E-state index in [0.29, 0.717) is 29.1 Å². The lowest BCUT2D eigenvalue weighted by Gasteiger charge is -2.21. The second kappa shape index (κ2) is 9.78. The lowest BCUT2D eigenvalue weighted by molar-refractivity contribution is 0.597. The van der Waals surface area contributed by atoms with Crippen molar-refractivity contribution in [2.75, 3.05) is 5.32 Å². The van der Waals surface area contributed by atoms with Crippen LogP contribution in [-0.2, 0) is 6.42 Å². The molecule has 0 aliphatic heterocycles. The Bertz CT molecular complexity index is 1770. The van der Waals surface area contributed by atoms with Gasteiger partial charge < -0.3 is 19.9 Å². The Morgan fingerprint density at radius 1 is 1.08 bits per heavy atom. The van der Waals surface area contributed by atoms with Crippen LogP contribution in [0.1, 0.15) is 22.9 Å². The average molecular weight is 506 g/mol. The van der Waals surface area contributed by atoms with Gasteiger partial charge in [-0.25, -0.2) is 14.4 Å². The molecule has 1 unspecified atom stereocenters. The van der Waals surface area contributed by atoms with E-state index >= 15 is 0 Å². The molecule has 0 aliphatic rings. The SMILES string of the molecule is Cc1cc(-n2ccnc2)cc2[nH]c(-c3c(NC(Cc4ccccc4F)c4ccccn4)cc[nH]c3=O)nc12. The maximum atomic E-state index is 14.6. The Labute approximate surface area is 217 Å². The van der Waals surface area contributed by atoms with Crippen LogP contribution in [0.2, 0.25) is 0 Å². The van der Waals surface area contributed by atoms with Gasteiger partial charge in [-0.3, -0.25) is 9.78 Å². The van der Waals surface area contributed by atoms with Gasteiger partial charge in [0.25, 0.3) is 5.56 Å². The van der Waals surface area contributed by atoms with E-state index in [0.717, 1.165) is 28.0 Å². The van der Waals surface area contributed by atoms with E-state index in [9.17, 15) is 9.18 Å². The summed E-state index contributed by atoms with van der Waals surface area (Å²) >= 11 is 0. The summed E-state index contributed by atoms with van der Waals surface area (Å²) in [6.45, 7) is 1.98. The van der Waals surface area contributed by atoms with Crippen LogP contribution in [0.4, 0.5) is 10.1 Å². The number of aryl methyl sites for hydroxylation is 1. The van der Waals surface area contributed by atoms with Crippen molar-refractivity contribution in [3.05, 3.63) is 125 Å².